The fraction of sp³-hybridized carbons (Fsp3) is 0.333. The summed E-state index contributed by atoms with van der Waals surface area (Å²) in [5, 5.41) is 2.08. The monoisotopic (exact) mass is 226 g/mol. The number of terminal acetylenes is 1. The molecule has 1 heterocycles. The Hall–Kier alpha value is -0.260. The summed E-state index contributed by atoms with van der Waals surface area (Å²) in [5.41, 5.74) is 0.104. The van der Waals surface area contributed by atoms with E-state index in [2.05, 4.69) is 33.3 Å². The van der Waals surface area contributed by atoms with Crippen LogP contribution in [0.5, 0.6) is 0 Å². The molecule has 56 valence electrons. The van der Waals surface area contributed by atoms with Crippen molar-refractivity contribution in [3.8, 4) is 12.3 Å². The maximum absolute atomic E-state index is 5.46. The topological polar surface area (TPSA) is 0 Å². The number of rotatable bonds is 1. The minimum absolute atomic E-state index is 0.104. The van der Waals surface area contributed by atoms with Crippen LogP contribution in [0, 0.1) is 12.3 Å². The molecule has 0 nitrogen and oxygen atoms in total. The van der Waals surface area contributed by atoms with Crippen molar-refractivity contribution in [1.82, 2.24) is 0 Å². The molecule has 0 aliphatic heterocycles. The Kier molecular flexibility index (Phi) is 1.59. The van der Waals surface area contributed by atoms with Crippen molar-refractivity contribution in [3.05, 3.63) is 20.8 Å². The van der Waals surface area contributed by atoms with Gasteiger partial charge in [0.15, 0.2) is 0 Å². The van der Waals surface area contributed by atoms with Gasteiger partial charge in [-0.15, -0.1) is 17.8 Å². The number of hydrogen-bond acceptors (Lipinski definition) is 1. The molecule has 1 aliphatic carbocycles. The van der Waals surface area contributed by atoms with Crippen LogP contribution >= 0.6 is 27.3 Å². The van der Waals surface area contributed by atoms with E-state index in [1.54, 1.807) is 11.3 Å². The molecule has 0 unspecified atom stereocenters. The van der Waals surface area contributed by atoms with E-state index in [1.165, 1.54) is 9.35 Å². The molecule has 2 rings (SSSR count). The van der Waals surface area contributed by atoms with Crippen molar-refractivity contribution < 1.29 is 0 Å². The maximum Gasteiger partial charge on any atom is 0.0665 e. The van der Waals surface area contributed by atoms with E-state index in [0.717, 1.165) is 12.8 Å². The second-order valence-corrected chi connectivity index (χ2v) is 4.59. The minimum Gasteiger partial charge on any atom is -0.146 e. The van der Waals surface area contributed by atoms with E-state index < -0.39 is 0 Å². The Morgan fingerprint density at radius 2 is 2.36 bits per heavy atom. The molecule has 1 aromatic rings. The molecule has 1 fully saturated rings. The molecule has 0 atom stereocenters. The lowest BCUT2D eigenvalue weighted by Crippen LogP contribution is -1.99. The summed E-state index contributed by atoms with van der Waals surface area (Å²) < 4.78 is 1.18. The first-order chi connectivity index (χ1) is 5.28. The summed E-state index contributed by atoms with van der Waals surface area (Å²) in [6.45, 7) is 0. The van der Waals surface area contributed by atoms with Crippen molar-refractivity contribution in [2.45, 2.75) is 18.3 Å². The van der Waals surface area contributed by atoms with Gasteiger partial charge in [-0.3, -0.25) is 0 Å². The van der Waals surface area contributed by atoms with Crippen LogP contribution in [0.15, 0.2) is 15.9 Å². The normalized spacial score (nSPS) is 19.3. The number of hydrogen-bond donors (Lipinski definition) is 0. The quantitative estimate of drug-likeness (QED) is 0.646. The first kappa shape index (κ1) is 7.39. The van der Waals surface area contributed by atoms with E-state index in [0.29, 0.717) is 0 Å². The van der Waals surface area contributed by atoms with Gasteiger partial charge in [-0.05, 0) is 40.2 Å². The fourth-order valence-corrected chi connectivity index (χ4v) is 3.17. The van der Waals surface area contributed by atoms with Crippen molar-refractivity contribution in [2.24, 2.45) is 0 Å². The summed E-state index contributed by atoms with van der Waals surface area (Å²) in [7, 11) is 0. The molecular formula is C9H7BrS. The highest BCUT2D eigenvalue weighted by Gasteiger charge is 2.44. The largest absolute Gasteiger partial charge is 0.146 e. The summed E-state index contributed by atoms with van der Waals surface area (Å²) in [5.74, 6) is 2.88. The predicted octanol–water partition coefficient (Wildman–Crippen LogP) is 3.18. The average Bonchev–Trinajstić information content (AvgIpc) is 2.70. The van der Waals surface area contributed by atoms with Gasteiger partial charge >= 0.3 is 0 Å². The van der Waals surface area contributed by atoms with E-state index in [-0.39, 0.29) is 5.41 Å². The summed E-state index contributed by atoms with van der Waals surface area (Å²) in [6.07, 6.45) is 7.78. The highest BCUT2D eigenvalue weighted by atomic mass is 79.9. The van der Waals surface area contributed by atoms with E-state index >= 15 is 0 Å². The average molecular weight is 227 g/mol. The zero-order valence-corrected chi connectivity index (χ0v) is 8.33. The number of thiophene rings is 1. The lowest BCUT2D eigenvalue weighted by atomic mass is 10.1. The smallest absolute Gasteiger partial charge is 0.0665 e. The van der Waals surface area contributed by atoms with Gasteiger partial charge in [-0.1, -0.05) is 5.92 Å². The van der Waals surface area contributed by atoms with Gasteiger partial charge in [-0.2, -0.15) is 0 Å². The SMILES string of the molecule is C#CC1(c2sccc2Br)CC1. The van der Waals surface area contributed by atoms with Crippen LogP contribution < -0.4 is 0 Å². The Balaban J connectivity index is 2.45. The van der Waals surface area contributed by atoms with Gasteiger partial charge in [0.25, 0.3) is 0 Å². The third kappa shape index (κ3) is 1.04. The van der Waals surface area contributed by atoms with Gasteiger partial charge in [-0.25, -0.2) is 0 Å². The maximum atomic E-state index is 5.46. The molecule has 0 bridgehead atoms. The van der Waals surface area contributed by atoms with Crippen LogP contribution in [-0.2, 0) is 5.41 Å². The number of halogens is 1. The second-order valence-electron chi connectivity index (χ2n) is 2.82. The van der Waals surface area contributed by atoms with Gasteiger partial charge in [0, 0.05) is 9.35 Å². The van der Waals surface area contributed by atoms with Crippen LogP contribution in [-0.4, -0.2) is 0 Å². The van der Waals surface area contributed by atoms with Crippen LogP contribution in [0.25, 0.3) is 0 Å². The Morgan fingerprint density at radius 1 is 1.64 bits per heavy atom. The van der Waals surface area contributed by atoms with Gasteiger partial charge in [0.1, 0.15) is 0 Å². The van der Waals surface area contributed by atoms with Gasteiger partial charge < -0.3 is 0 Å². The molecule has 0 N–H and O–H groups in total. The molecule has 2 heteroatoms. The van der Waals surface area contributed by atoms with Crippen molar-refractivity contribution in [1.29, 1.82) is 0 Å². The van der Waals surface area contributed by atoms with E-state index in [4.69, 9.17) is 6.42 Å². The molecule has 11 heavy (non-hydrogen) atoms. The summed E-state index contributed by atoms with van der Waals surface area (Å²) in [6, 6.07) is 2.07. The molecule has 1 aromatic heterocycles. The second kappa shape index (κ2) is 2.36. The predicted molar refractivity (Wildman–Crippen MR) is 51.8 cm³/mol. The first-order valence-corrected chi connectivity index (χ1v) is 5.17. The van der Waals surface area contributed by atoms with E-state index in [1.807, 2.05) is 0 Å². The molecule has 0 amide bonds. The van der Waals surface area contributed by atoms with Crippen molar-refractivity contribution in [2.75, 3.05) is 0 Å². The molecule has 0 spiro atoms. The van der Waals surface area contributed by atoms with E-state index in [9.17, 15) is 0 Å². The van der Waals surface area contributed by atoms with Crippen LogP contribution in [0.4, 0.5) is 0 Å². The van der Waals surface area contributed by atoms with Gasteiger partial charge in [0.2, 0.25) is 0 Å². The Bertz CT molecular complexity index is 315. The highest BCUT2D eigenvalue weighted by Crippen LogP contribution is 2.51. The van der Waals surface area contributed by atoms with Crippen molar-refractivity contribution in [3.63, 3.8) is 0 Å². The lowest BCUT2D eigenvalue weighted by Gasteiger charge is -2.03. The van der Waals surface area contributed by atoms with Crippen LogP contribution in [0.1, 0.15) is 17.7 Å². The third-order valence-electron chi connectivity index (χ3n) is 2.08. The minimum atomic E-state index is 0.104. The summed E-state index contributed by atoms with van der Waals surface area (Å²) >= 11 is 5.25. The molecule has 1 aliphatic rings. The van der Waals surface area contributed by atoms with Crippen LogP contribution in [0.2, 0.25) is 0 Å². The molecule has 0 radical (unpaired) electrons. The molecular weight excluding hydrogens is 220 g/mol. The van der Waals surface area contributed by atoms with Crippen molar-refractivity contribution >= 4 is 27.3 Å². The zero-order valence-electron chi connectivity index (χ0n) is 5.93. The zero-order chi connectivity index (χ0) is 7.90. The highest BCUT2D eigenvalue weighted by molar-refractivity contribution is 9.10. The fourth-order valence-electron chi connectivity index (χ4n) is 1.20. The first-order valence-electron chi connectivity index (χ1n) is 3.50. The standard InChI is InChI=1S/C9H7BrS/c1-2-9(4-5-9)8-7(10)3-6-11-8/h1,3,6H,4-5H2. The van der Waals surface area contributed by atoms with Crippen LogP contribution in [0.3, 0.4) is 0 Å². The lowest BCUT2D eigenvalue weighted by molar-refractivity contribution is 0.955. The third-order valence-corrected chi connectivity index (χ3v) is 4.12. The molecule has 0 aromatic carbocycles. The molecule has 1 saturated carbocycles. The Morgan fingerprint density at radius 3 is 2.73 bits per heavy atom. The Labute approximate surface area is 78.8 Å². The molecule has 0 saturated heterocycles. The van der Waals surface area contributed by atoms with Gasteiger partial charge in [0.05, 0.1) is 5.41 Å². The summed E-state index contributed by atoms with van der Waals surface area (Å²) in [4.78, 5) is 1.33.